The molecule has 0 heterocycles. The molecule has 0 bridgehead atoms. The van der Waals surface area contributed by atoms with Gasteiger partial charge in [0.15, 0.2) is 0 Å². The third-order valence-corrected chi connectivity index (χ3v) is 3.13. The van der Waals surface area contributed by atoms with Crippen molar-refractivity contribution in [2.24, 2.45) is 5.92 Å². The SMILES string of the molecule is CCC(C)CN(C)C(=O)c1ccc(O)c(Cl)c1. The van der Waals surface area contributed by atoms with Crippen molar-refractivity contribution in [1.29, 1.82) is 0 Å². The second kappa shape index (κ2) is 5.92. The molecule has 1 aromatic rings. The minimum atomic E-state index is -0.0767. The van der Waals surface area contributed by atoms with E-state index in [-0.39, 0.29) is 16.7 Å². The van der Waals surface area contributed by atoms with Gasteiger partial charge in [0.1, 0.15) is 5.75 Å². The average molecular weight is 256 g/mol. The molecule has 1 amide bonds. The van der Waals surface area contributed by atoms with Crippen LogP contribution in [0.3, 0.4) is 0 Å². The minimum absolute atomic E-state index is 0.00667. The van der Waals surface area contributed by atoms with E-state index in [1.807, 2.05) is 0 Å². The lowest BCUT2D eigenvalue weighted by Crippen LogP contribution is -2.30. The van der Waals surface area contributed by atoms with Crippen LogP contribution in [0.4, 0.5) is 0 Å². The van der Waals surface area contributed by atoms with Crippen molar-refractivity contribution in [3.05, 3.63) is 28.8 Å². The number of phenols is 1. The van der Waals surface area contributed by atoms with E-state index in [1.54, 1.807) is 18.0 Å². The van der Waals surface area contributed by atoms with Crippen LogP contribution in [0.2, 0.25) is 5.02 Å². The molecule has 0 aromatic heterocycles. The number of hydrogen-bond acceptors (Lipinski definition) is 2. The molecule has 94 valence electrons. The molecule has 1 atom stereocenters. The Morgan fingerprint density at radius 1 is 1.53 bits per heavy atom. The summed E-state index contributed by atoms with van der Waals surface area (Å²) in [5.41, 5.74) is 0.499. The van der Waals surface area contributed by atoms with Crippen LogP contribution in [0, 0.1) is 5.92 Å². The number of rotatable bonds is 4. The first-order chi connectivity index (χ1) is 7.95. The second-order valence-corrected chi connectivity index (χ2v) is 4.77. The number of carbonyl (C=O) groups is 1. The van der Waals surface area contributed by atoms with Gasteiger partial charge in [-0.15, -0.1) is 0 Å². The zero-order chi connectivity index (χ0) is 13.0. The second-order valence-electron chi connectivity index (χ2n) is 4.37. The number of amides is 1. The quantitative estimate of drug-likeness (QED) is 0.898. The zero-order valence-corrected chi connectivity index (χ0v) is 11.2. The first-order valence-corrected chi connectivity index (χ1v) is 6.07. The molecule has 1 unspecified atom stereocenters. The van der Waals surface area contributed by atoms with Gasteiger partial charge in [-0.2, -0.15) is 0 Å². The van der Waals surface area contributed by atoms with Crippen molar-refractivity contribution < 1.29 is 9.90 Å². The van der Waals surface area contributed by atoms with Gasteiger partial charge >= 0.3 is 0 Å². The molecule has 0 fully saturated rings. The van der Waals surface area contributed by atoms with E-state index in [9.17, 15) is 9.90 Å². The molecule has 0 saturated carbocycles. The van der Waals surface area contributed by atoms with Gasteiger partial charge < -0.3 is 10.0 Å². The highest BCUT2D eigenvalue weighted by atomic mass is 35.5. The van der Waals surface area contributed by atoms with Crippen molar-refractivity contribution in [2.45, 2.75) is 20.3 Å². The predicted octanol–water partition coefficient (Wildman–Crippen LogP) is 3.16. The number of benzene rings is 1. The normalized spacial score (nSPS) is 12.2. The van der Waals surface area contributed by atoms with E-state index in [1.165, 1.54) is 12.1 Å². The molecular weight excluding hydrogens is 238 g/mol. The van der Waals surface area contributed by atoms with E-state index in [0.717, 1.165) is 6.42 Å². The number of aromatic hydroxyl groups is 1. The lowest BCUT2D eigenvalue weighted by atomic mass is 10.1. The van der Waals surface area contributed by atoms with E-state index < -0.39 is 0 Å². The molecule has 17 heavy (non-hydrogen) atoms. The molecule has 0 radical (unpaired) electrons. The summed E-state index contributed by atoms with van der Waals surface area (Å²) in [6.07, 6.45) is 1.04. The maximum Gasteiger partial charge on any atom is 0.253 e. The Labute approximate surface area is 107 Å². The molecule has 1 aromatic carbocycles. The van der Waals surface area contributed by atoms with Crippen molar-refractivity contribution in [1.82, 2.24) is 4.90 Å². The summed E-state index contributed by atoms with van der Waals surface area (Å²) in [5, 5.41) is 9.49. The molecule has 1 rings (SSSR count). The van der Waals surface area contributed by atoms with Crippen LogP contribution in [0.5, 0.6) is 5.75 Å². The van der Waals surface area contributed by atoms with Gasteiger partial charge in [-0.05, 0) is 24.1 Å². The molecule has 0 aliphatic heterocycles. The smallest absolute Gasteiger partial charge is 0.253 e. The third-order valence-electron chi connectivity index (χ3n) is 2.82. The third kappa shape index (κ3) is 3.63. The van der Waals surface area contributed by atoms with Gasteiger partial charge in [0.25, 0.3) is 5.91 Å². The Kier molecular flexibility index (Phi) is 4.82. The standard InChI is InChI=1S/C13H18ClNO2/c1-4-9(2)8-15(3)13(17)10-5-6-12(16)11(14)7-10/h5-7,9,16H,4,8H2,1-3H3. The van der Waals surface area contributed by atoms with Crippen LogP contribution in [0.25, 0.3) is 0 Å². The fraction of sp³-hybridized carbons (Fsp3) is 0.462. The summed E-state index contributed by atoms with van der Waals surface area (Å²) in [7, 11) is 1.77. The van der Waals surface area contributed by atoms with Gasteiger partial charge in [0.2, 0.25) is 0 Å². The fourth-order valence-electron chi connectivity index (χ4n) is 1.54. The van der Waals surface area contributed by atoms with E-state index >= 15 is 0 Å². The molecule has 0 saturated heterocycles. The lowest BCUT2D eigenvalue weighted by Gasteiger charge is -2.21. The number of halogens is 1. The Bertz CT molecular complexity index is 406. The molecule has 0 aliphatic carbocycles. The van der Waals surface area contributed by atoms with Gasteiger partial charge in [-0.3, -0.25) is 4.79 Å². The molecule has 3 nitrogen and oxygen atoms in total. The maximum atomic E-state index is 12.0. The Hall–Kier alpha value is -1.22. The highest BCUT2D eigenvalue weighted by molar-refractivity contribution is 6.32. The molecule has 0 aliphatic rings. The number of nitrogens with zero attached hydrogens (tertiary/aromatic N) is 1. The summed E-state index contributed by atoms with van der Waals surface area (Å²) >= 11 is 5.77. The summed E-state index contributed by atoms with van der Waals surface area (Å²) in [5.74, 6) is 0.386. The van der Waals surface area contributed by atoms with Crippen LogP contribution in [0.1, 0.15) is 30.6 Å². The summed E-state index contributed by atoms with van der Waals surface area (Å²) < 4.78 is 0. The largest absolute Gasteiger partial charge is 0.506 e. The monoisotopic (exact) mass is 255 g/mol. The van der Waals surface area contributed by atoms with Gasteiger partial charge in [-0.1, -0.05) is 31.9 Å². The van der Waals surface area contributed by atoms with Crippen LogP contribution in [0.15, 0.2) is 18.2 Å². The summed E-state index contributed by atoms with van der Waals surface area (Å²) in [6.45, 7) is 4.92. The topological polar surface area (TPSA) is 40.5 Å². The van der Waals surface area contributed by atoms with Crippen molar-refractivity contribution >= 4 is 17.5 Å². The Balaban J connectivity index is 2.78. The first-order valence-electron chi connectivity index (χ1n) is 5.69. The number of carbonyl (C=O) groups excluding carboxylic acids is 1. The van der Waals surface area contributed by atoms with Gasteiger partial charge in [-0.25, -0.2) is 0 Å². The van der Waals surface area contributed by atoms with Gasteiger partial charge in [0.05, 0.1) is 5.02 Å². The van der Waals surface area contributed by atoms with Crippen molar-refractivity contribution in [3.8, 4) is 5.75 Å². The van der Waals surface area contributed by atoms with Crippen LogP contribution < -0.4 is 0 Å². The fourth-order valence-corrected chi connectivity index (χ4v) is 1.72. The van der Waals surface area contributed by atoms with Crippen molar-refractivity contribution in [2.75, 3.05) is 13.6 Å². The molecule has 4 heteroatoms. The molecule has 1 N–H and O–H groups in total. The van der Waals surface area contributed by atoms with Crippen LogP contribution >= 0.6 is 11.6 Å². The van der Waals surface area contributed by atoms with Gasteiger partial charge in [0, 0.05) is 19.2 Å². The lowest BCUT2D eigenvalue weighted by molar-refractivity contribution is 0.0775. The van der Waals surface area contributed by atoms with Crippen molar-refractivity contribution in [3.63, 3.8) is 0 Å². The number of hydrogen-bond donors (Lipinski definition) is 1. The van der Waals surface area contributed by atoms with E-state index in [0.29, 0.717) is 18.0 Å². The highest BCUT2D eigenvalue weighted by Gasteiger charge is 2.14. The van der Waals surface area contributed by atoms with E-state index in [2.05, 4.69) is 13.8 Å². The Morgan fingerprint density at radius 2 is 2.18 bits per heavy atom. The average Bonchev–Trinajstić information content (AvgIpc) is 2.31. The Morgan fingerprint density at radius 3 is 2.71 bits per heavy atom. The minimum Gasteiger partial charge on any atom is -0.506 e. The molecule has 0 spiro atoms. The first kappa shape index (κ1) is 13.8. The van der Waals surface area contributed by atoms with Crippen LogP contribution in [-0.4, -0.2) is 29.5 Å². The van der Waals surface area contributed by atoms with E-state index in [4.69, 9.17) is 11.6 Å². The molecular formula is C13H18ClNO2. The maximum absolute atomic E-state index is 12.0. The predicted molar refractivity (Wildman–Crippen MR) is 69.5 cm³/mol. The highest BCUT2D eigenvalue weighted by Crippen LogP contribution is 2.24. The summed E-state index contributed by atoms with van der Waals surface area (Å²) in [4.78, 5) is 13.7. The summed E-state index contributed by atoms with van der Waals surface area (Å²) in [6, 6.07) is 4.51. The zero-order valence-electron chi connectivity index (χ0n) is 10.4. The van der Waals surface area contributed by atoms with Crippen LogP contribution in [-0.2, 0) is 0 Å². The number of phenolic OH excluding ortho intramolecular Hbond substituents is 1.